The molecule has 0 saturated carbocycles. The molecule has 0 spiro atoms. The molecule has 0 aliphatic carbocycles. The van der Waals surface area contributed by atoms with Crippen molar-refractivity contribution in [2.24, 2.45) is 0 Å². The zero-order valence-corrected chi connectivity index (χ0v) is 11.0. The predicted molar refractivity (Wildman–Crippen MR) is 69.0 cm³/mol. The number of rotatable bonds is 3. The molecule has 1 heterocycles. The number of hydrogen-bond donors (Lipinski definition) is 1. The standard InChI is InChI=1S/C11H7ClN4O2S/c12-10-5-6-11(15-14-10)16-19(17,18)9-4-2-1-3-8(9)7-13/h1-6H,(H,15,16). The molecular formula is C11H7ClN4O2S. The summed E-state index contributed by atoms with van der Waals surface area (Å²) >= 11 is 5.55. The van der Waals surface area contributed by atoms with Crippen LogP contribution >= 0.6 is 11.6 Å². The summed E-state index contributed by atoms with van der Waals surface area (Å²) in [5.74, 6) is 0.0251. The molecular weight excluding hydrogens is 288 g/mol. The summed E-state index contributed by atoms with van der Waals surface area (Å²) in [6.45, 7) is 0. The molecule has 2 rings (SSSR count). The monoisotopic (exact) mass is 294 g/mol. The number of nitriles is 1. The smallest absolute Gasteiger partial charge is 0.262 e. The van der Waals surface area contributed by atoms with Gasteiger partial charge in [0.25, 0.3) is 10.0 Å². The van der Waals surface area contributed by atoms with Crippen LogP contribution in [-0.2, 0) is 10.0 Å². The number of hydrogen-bond acceptors (Lipinski definition) is 5. The van der Waals surface area contributed by atoms with Crippen LogP contribution in [0.4, 0.5) is 5.82 Å². The fourth-order valence-electron chi connectivity index (χ4n) is 1.36. The van der Waals surface area contributed by atoms with Crippen LogP contribution in [0.1, 0.15) is 5.56 Å². The van der Waals surface area contributed by atoms with Gasteiger partial charge in [-0.15, -0.1) is 10.2 Å². The first-order valence-electron chi connectivity index (χ1n) is 5.04. The van der Waals surface area contributed by atoms with E-state index in [0.29, 0.717) is 0 Å². The summed E-state index contributed by atoms with van der Waals surface area (Å²) < 4.78 is 26.4. The van der Waals surface area contributed by atoms with Crippen LogP contribution in [0.25, 0.3) is 0 Å². The molecule has 2 aromatic rings. The van der Waals surface area contributed by atoms with Crippen molar-refractivity contribution in [1.82, 2.24) is 10.2 Å². The highest BCUT2D eigenvalue weighted by Crippen LogP contribution is 2.18. The Bertz CT molecular complexity index is 738. The summed E-state index contributed by atoms with van der Waals surface area (Å²) in [6, 6.07) is 10.5. The first-order valence-corrected chi connectivity index (χ1v) is 6.90. The lowest BCUT2D eigenvalue weighted by molar-refractivity contribution is 0.600. The minimum absolute atomic E-state index is 0.0251. The first kappa shape index (κ1) is 13.3. The summed E-state index contributed by atoms with van der Waals surface area (Å²) in [7, 11) is -3.89. The molecule has 0 bridgehead atoms. The molecule has 0 amide bonds. The van der Waals surface area contributed by atoms with E-state index >= 15 is 0 Å². The van der Waals surface area contributed by atoms with Gasteiger partial charge in [0.05, 0.1) is 5.56 Å². The number of aromatic nitrogens is 2. The summed E-state index contributed by atoms with van der Waals surface area (Å²) in [6.07, 6.45) is 0. The van der Waals surface area contributed by atoms with Gasteiger partial charge in [-0.3, -0.25) is 4.72 Å². The van der Waals surface area contributed by atoms with Crippen molar-refractivity contribution in [2.75, 3.05) is 4.72 Å². The average molecular weight is 295 g/mol. The molecule has 0 radical (unpaired) electrons. The van der Waals surface area contributed by atoms with Crippen molar-refractivity contribution in [2.45, 2.75) is 4.90 Å². The van der Waals surface area contributed by atoms with Crippen LogP contribution in [0.15, 0.2) is 41.3 Å². The molecule has 0 saturated heterocycles. The number of sulfonamides is 1. The van der Waals surface area contributed by atoms with Gasteiger partial charge in [0.15, 0.2) is 11.0 Å². The molecule has 0 atom stereocenters. The van der Waals surface area contributed by atoms with Crippen molar-refractivity contribution in [3.63, 3.8) is 0 Å². The van der Waals surface area contributed by atoms with Crippen LogP contribution in [0.3, 0.4) is 0 Å². The lowest BCUT2D eigenvalue weighted by Gasteiger charge is -2.07. The highest BCUT2D eigenvalue weighted by atomic mass is 35.5. The SMILES string of the molecule is N#Cc1ccccc1S(=O)(=O)Nc1ccc(Cl)nn1. The average Bonchev–Trinajstić information content (AvgIpc) is 2.41. The van der Waals surface area contributed by atoms with Gasteiger partial charge in [-0.1, -0.05) is 23.7 Å². The highest BCUT2D eigenvalue weighted by molar-refractivity contribution is 7.92. The topological polar surface area (TPSA) is 95.7 Å². The van der Waals surface area contributed by atoms with Gasteiger partial charge in [-0.2, -0.15) is 5.26 Å². The minimum Gasteiger partial charge on any atom is -0.262 e. The Labute approximate surface area is 114 Å². The number of nitrogens with zero attached hydrogens (tertiary/aromatic N) is 3. The lowest BCUT2D eigenvalue weighted by Crippen LogP contribution is -2.15. The van der Waals surface area contributed by atoms with E-state index < -0.39 is 10.0 Å². The molecule has 1 aromatic heterocycles. The van der Waals surface area contributed by atoms with E-state index in [1.807, 2.05) is 6.07 Å². The zero-order chi connectivity index (χ0) is 13.9. The lowest BCUT2D eigenvalue weighted by atomic mass is 10.2. The molecule has 0 unspecified atom stereocenters. The molecule has 1 N–H and O–H groups in total. The Balaban J connectivity index is 2.38. The van der Waals surface area contributed by atoms with E-state index in [4.69, 9.17) is 16.9 Å². The Morgan fingerprint density at radius 1 is 1.16 bits per heavy atom. The molecule has 8 heteroatoms. The summed E-state index contributed by atoms with van der Waals surface area (Å²) in [5, 5.41) is 16.2. The van der Waals surface area contributed by atoms with Crippen molar-refractivity contribution in [3.8, 4) is 6.07 Å². The quantitative estimate of drug-likeness (QED) is 0.931. The van der Waals surface area contributed by atoms with E-state index in [-0.39, 0.29) is 21.4 Å². The Hall–Kier alpha value is -2.17. The van der Waals surface area contributed by atoms with Crippen molar-refractivity contribution in [3.05, 3.63) is 47.1 Å². The third kappa shape index (κ3) is 2.99. The Morgan fingerprint density at radius 3 is 2.53 bits per heavy atom. The van der Waals surface area contributed by atoms with Crippen molar-refractivity contribution in [1.29, 1.82) is 5.26 Å². The van der Waals surface area contributed by atoms with E-state index in [0.717, 1.165) is 0 Å². The number of halogens is 1. The van der Waals surface area contributed by atoms with Gasteiger partial charge >= 0.3 is 0 Å². The number of nitrogens with one attached hydrogen (secondary N) is 1. The largest absolute Gasteiger partial charge is 0.264 e. The second kappa shape index (κ2) is 5.22. The van der Waals surface area contributed by atoms with E-state index in [1.165, 1.54) is 30.3 Å². The Morgan fingerprint density at radius 2 is 1.89 bits per heavy atom. The fourth-order valence-corrected chi connectivity index (χ4v) is 2.61. The second-order valence-electron chi connectivity index (χ2n) is 3.45. The van der Waals surface area contributed by atoms with Crippen molar-refractivity contribution < 1.29 is 8.42 Å². The minimum atomic E-state index is -3.89. The third-order valence-electron chi connectivity index (χ3n) is 2.17. The summed E-state index contributed by atoms with van der Waals surface area (Å²) in [5.41, 5.74) is 0.0527. The highest BCUT2D eigenvalue weighted by Gasteiger charge is 2.18. The van der Waals surface area contributed by atoms with Crippen LogP contribution in [0.2, 0.25) is 5.15 Å². The molecule has 6 nitrogen and oxygen atoms in total. The van der Waals surface area contributed by atoms with Gasteiger partial charge in [0, 0.05) is 0 Å². The van der Waals surface area contributed by atoms with E-state index in [1.54, 1.807) is 6.07 Å². The van der Waals surface area contributed by atoms with Gasteiger partial charge in [0.2, 0.25) is 0 Å². The molecule has 0 fully saturated rings. The van der Waals surface area contributed by atoms with Gasteiger partial charge < -0.3 is 0 Å². The number of benzene rings is 1. The van der Waals surface area contributed by atoms with Crippen molar-refractivity contribution >= 4 is 27.4 Å². The van der Waals surface area contributed by atoms with Crippen LogP contribution in [0.5, 0.6) is 0 Å². The van der Waals surface area contributed by atoms with E-state index in [9.17, 15) is 8.42 Å². The molecule has 19 heavy (non-hydrogen) atoms. The summed E-state index contributed by atoms with van der Waals surface area (Å²) in [4.78, 5) is -0.116. The second-order valence-corrected chi connectivity index (χ2v) is 5.49. The molecule has 1 aromatic carbocycles. The molecule has 96 valence electrons. The van der Waals surface area contributed by atoms with Gasteiger partial charge in [-0.25, -0.2) is 8.42 Å². The zero-order valence-electron chi connectivity index (χ0n) is 9.41. The number of anilines is 1. The maximum absolute atomic E-state index is 12.1. The maximum atomic E-state index is 12.1. The fraction of sp³-hybridized carbons (Fsp3) is 0. The van der Waals surface area contributed by atoms with E-state index in [2.05, 4.69) is 14.9 Å². The maximum Gasteiger partial charge on any atom is 0.264 e. The predicted octanol–water partition coefficient (Wildman–Crippen LogP) is 1.80. The molecule has 0 aliphatic heterocycles. The normalized spacial score (nSPS) is 10.7. The van der Waals surface area contributed by atoms with Crippen LogP contribution < -0.4 is 4.72 Å². The molecule has 0 aliphatic rings. The van der Waals surface area contributed by atoms with Crippen LogP contribution in [0, 0.1) is 11.3 Å². The van der Waals surface area contributed by atoms with Gasteiger partial charge in [0.1, 0.15) is 11.0 Å². The Kier molecular flexibility index (Phi) is 3.64. The van der Waals surface area contributed by atoms with Gasteiger partial charge in [-0.05, 0) is 24.3 Å². The third-order valence-corrected chi connectivity index (χ3v) is 3.78. The van der Waals surface area contributed by atoms with Crippen LogP contribution in [-0.4, -0.2) is 18.6 Å². The first-order chi connectivity index (χ1) is 9.03.